The third kappa shape index (κ3) is 3.53. The summed E-state index contributed by atoms with van der Waals surface area (Å²) in [6, 6.07) is 9.07. The molecular weight excluding hydrogens is 230 g/mol. The Balaban J connectivity index is 2.99. The van der Waals surface area contributed by atoms with Gasteiger partial charge in [0.25, 0.3) is 0 Å². The van der Waals surface area contributed by atoms with Crippen molar-refractivity contribution in [1.29, 1.82) is 0 Å². The molecule has 0 atom stereocenters. The zero-order valence-corrected chi connectivity index (χ0v) is 10.3. The van der Waals surface area contributed by atoms with Gasteiger partial charge < -0.3 is 10.8 Å². The minimum absolute atomic E-state index is 0.0893. The number of carbonyl (C=O) groups excluding carboxylic acids is 1. The van der Waals surface area contributed by atoms with Crippen molar-refractivity contribution >= 4 is 11.8 Å². The van der Waals surface area contributed by atoms with Crippen molar-refractivity contribution in [3.8, 4) is 0 Å². The molecule has 18 heavy (non-hydrogen) atoms. The number of ketones is 1. The van der Waals surface area contributed by atoms with Crippen LogP contribution in [-0.2, 0) is 16.0 Å². The number of Topliss-reactive ketones (excluding diaryl/α,β-unsaturated/α-hetero) is 1. The monoisotopic (exact) mass is 247 g/mol. The van der Waals surface area contributed by atoms with Crippen molar-refractivity contribution in [2.45, 2.75) is 19.8 Å². The van der Waals surface area contributed by atoms with Crippen LogP contribution in [0, 0.1) is 0 Å². The van der Waals surface area contributed by atoms with Crippen molar-refractivity contribution in [3.63, 3.8) is 0 Å². The molecule has 0 aliphatic rings. The molecule has 4 heteroatoms. The van der Waals surface area contributed by atoms with Crippen molar-refractivity contribution < 1.29 is 14.7 Å². The fourth-order valence-electron chi connectivity index (χ4n) is 1.76. The molecule has 0 bridgehead atoms. The van der Waals surface area contributed by atoms with Crippen molar-refractivity contribution in [2.24, 2.45) is 5.73 Å². The number of benzene rings is 1. The number of rotatable bonds is 6. The number of aliphatic carboxylic acids is 1. The molecule has 1 aromatic rings. The highest BCUT2D eigenvalue weighted by Crippen LogP contribution is 2.12. The fourth-order valence-corrected chi connectivity index (χ4v) is 1.76. The van der Waals surface area contributed by atoms with E-state index in [1.54, 1.807) is 19.1 Å². The average Bonchev–Trinajstić information content (AvgIpc) is 2.36. The number of carboxylic acids is 1. The topological polar surface area (TPSA) is 80.4 Å². The van der Waals surface area contributed by atoms with Gasteiger partial charge in [-0.2, -0.15) is 0 Å². The second kappa shape index (κ2) is 6.71. The summed E-state index contributed by atoms with van der Waals surface area (Å²) in [6.45, 7) is 1.89. The van der Waals surface area contributed by atoms with Gasteiger partial charge in [0.05, 0.1) is 0 Å². The zero-order valence-electron chi connectivity index (χ0n) is 10.3. The van der Waals surface area contributed by atoms with Gasteiger partial charge in [0, 0.05) is 13.0 Å². The van der Waals surface area contributed by atoms with E-state index in [0.29, 0.717) is 12.0 Å². The quantitative estimate of drug-likeness (QED) is 0.454. The van der Waals surface area contributed by atoms with Crippen LogP contribution in [0.5, 0.6) is 0 Å². The lowest BCUT2D eigenvalue weighted by atomic mass is 9.97. The number of nitrogens with two attached hydrogens (primary N) is 1. The van der Waals surface area contributed by atoms with Gasteiger partial charge in [0.1, 0.15) is 5.57 Å². The fraction of sp³-hybridized carbons (Fsp3) is 0.286. The van der Waals surface area contributed by atoms with Gasteiger partial charge in [-0.25, -0.2) is 4.79 Å². The molecule has 0 saturated carbocycles. The maximum atomic E-state index is 12.0. The lowest BCUT2D eigenvalue weighted by Gasteiger charge is -2.08. The number of hydrogen-bond donors (Lipinski definition) is 2. The summed E-state index contributed by atoms with van der Waals surface area (Å²) in [5.74, 6) is -1.59. The van der Waals surface area contributed by atoms with Crippen LogP contribution in [0.3, 0.4) is 0 Å². The minimum Gasteiger partial charge on any atom is -0.478 e. The first-order valence-electron chi connectivity index (χ1n) is 5.82. The summed E-state index contributed by atoms with van der Waals surface area (Å²) in [5.41, 5.74) is 6.61. The number of carboxylic acid groups (broad SMARTS) is 1. The molecule has 0 heterocycles. The molecule has 0 spiro atoms. The molecule has 0 aromatic heterocycles. The van der Waals surface area contributed by atoms with Gasteiger partial charge in [0.2, 0.25) is 0 Å². The third-order valence-corrected chi connectivity index (χ3v) is 2.73. The molecule has 96 valence electrons. The maximum absolute atomic E-state index is 12.0. The van der Waals surface area contributed by atoms with E-state index in [2.05, 4.69) is 0 Å². The normalized spacial score (nSPS) is 11.9. The van der Waals surface area contributed by atoms with Gasteiger partial charge in [-0.15, -0.1) is 0 Å². The molecule has 0 fully saturated rings. The largest absolute Gasteiger partial charge is 0.478 e. The lowest BCUT2D eigenvalue weighted by Crippen LogP contribution is -2.20. The number of hydrogen-bond acceptors (Lipinski definition) is 3. The van der Waals surface area contributed by atoms with Gasteiger partial charge in [-0.3, -0.25) is 4.79 Å². The molecule has 4 nitrogen and oxygen atoms in total. The second-order valence-electron chi connectivity index (χ2n) is 3.93. The van der Waals surface area contributed by atoms with Crippen molar-refractivity contribution in [1.82, 2.24) is 0 Å². The smallest absolute Gasteiger partial charge is 0.339 e. The van der Waals surface area contributed by atoms with Crippen LogP contribution in [0.2, 0.25) is 0 Å². The van der Waals surface area contributed by atoms with Crippen LogP contribution in [0.25, 0.3) is 0 Å². The van der Waals surface area contributed by atoms with E-state index in [0.717, 1.165) is 5.56 Å². The first kappa shape index (κ1) is 14.1. The van der Waals surface area contributed by atoms with Gasteiger partial charge in [-0.1, -0.05) is 37.3 Å². The molecule has 0 aliphatic carbocycles. The molecular formula is C14H17NO3. The van der Waals surface area contributed by atoms with E-state index in [-0.39, 0.29) is 18.5 Å². The Bertz CT molecular complexity index is 457. The molecule has 0 saturated heterocycles. The second-order valence-corrected chi connectivity index (χ2v) is 3.93. The van der Waals surface area contributed by atoms with E-state index in [1.807, 2.05) is 18.2 Å². The molecule has 0 unspecified atom stereocenters. The Morgan fingerprint density at radius 2 is 1.83 bits per heavy atom. The van der Waals surface area contributed by atoms with Gasteiger partial charge in [-0.05, 0) is 17.6 Å². The molecule has 0 aliphatic heterocycles. The van der Waals surface area contributed by atoms with Gasteiger partial charge >= 0.3 is 5.97 Å². The first-order chi connectivity index (χ1) is 8.60. The Morgan fingerprint density at radius 3 is 2.28 bits per heavy atom. The summed E-state index contributed by atoms with van der Waals surface area (Å²) < 4.78 is 0. The predicted octanol–water partition coefficient (Wildman–Crippen LogP) is 1.55. The van der Waals surface area contributed by atoms with E-state index in [1.165, 1.54) is 0 Å². The summed E-state index contributed by atoms with van der Waals surface area (Å²) in [4.78, 5) is 23.2. The van der Waals surface area contributed by atoms with Crippen LogP contribution in [-0.4, -0.2) is 23.4 Å². The highest BCUT2D eigenvalue weighted by atomic mass is 16.4. The average molecular weight is 247 g/mol. The van der Waals surface area contributed by atoms with E-state index >= 15 is 0 Å². The minimum atomic E-state index is -1.20. The van der Waals surface area contributed by atoms with Crippen LogP contribution in [0.15, 0.2) is 41.5 Å². The van der Waals surface area contributed by atoms with Crippen LogP contribution in [0.4, 0.5) is 0 Å². The zero-order chi connectivity index (χ0) is 13.5. The molecule has 0 amide bonds. The molecule has 0 radical (unpaired) electrons. The summed E-state index contributed by atoms with van der Waals surface area (Å²) >= 11 is 0. The number of carbonyl (C=O) groups is 2. The highest BCUT2D eigenvalue weighted by molar-refractivity contribution is 6.17. The van der Waals surface area contributed by atoms with Crippen LogP contribution < -0.4 is 5.73 Å². The van der Waals surface area contributed by atoms with Crippen LogP contribution in [0.1, 0.15) is 18.9 Å². The highest BCUT2D eigenvalue weighted by Gasteiger charge is 2.21. The summed E-state index contributed by atoms with van der Waals surface area (Å²) in [7, 11) is 0. The Hall–Kier alpha value is -1.94. The third-order valence-electron chi connectivity index (χ3n) is 2.73. The molecule has 3 N–H and O–H groups in total. The Kier molecular flexibility index (Phi) is 5.27. The Morgan fingerprint density at radius 1 is 1.22 bits per heavy atom. The maximum Gasteiger partial charge on any atom is 0.339 e. The molecule has 1 rings (SSSR count). The summed E-state index contributed by atoms with van der Waals surface area (Å²) in [6.07, 6.45) is 0.560. The summed E-state index contributed by atoms with van der Waals surface area (Å²) in [5, 5.41) is 9.12. The lowest BCUT2D eigenvalue weighted by molar-refractivity contribution is -0.134. The van der Waals surface area contributed by atoms with Crippen LogP contribution >= 0.6 is 0 Å². The Labute approximate surface area is 106 Å². The predicted molar refractivity (Wildman–Crippen MR) is 69.2 cm³/mol. The van der Waals surface area contributed by atoms with E-state index in [4.69, 9.17) is 10.8 Å². The first-order valence-corrected chi connectivity index (χ1v) is 5.82. The standard InChI is InChI=1S/C14H17NO3/c1-2-11(9-15)13(14(17)18)12(16)8-10-6-4-3-5-7-10/h3-7H,2,8-9,15H2,1H3,(H,17,18)/b13-11-. The van der Waals surface area contributed by atoms with E-state index in [9.17, 15) is 9.59 Å². The SMILES string of the molecule is CC/C(CN)=C(/C(=O)O)C(=O)Cc1ccccc1. The van der Waals surface area contributed by atoms with Gasteiger partial charge in [0.15, 0.2) is 5.78 Å². The molecule has 1 aromatic carbocycles. The van der Waals surface area contributed by atoms with Crippen molar-refractivity contribution in [3.05, 3.63) is 47.0 Å². The van der Waals surface area contributed by atoms with Crippen molar-refractivity contribution in [2.75, 3.05) is 6.54 Å². The van der Waals surface area contributed by atoms with E-state index < -0.39 is 11.8 Å².